The number of carboxylic acid groups (broad SMARTS) is 2. The zero-order valence-corrected chi connectivity index (χ0v) is 18.0. The molecule has 1 fully saturated rings. The largest absolute Gasteiger partial charge is 0.480 e. The van der Waals surface area contributed by atoms with Gasteiger partial charge in [0.1, 0.15) is 17.8 Å². The van der Waals surface area contributed by atoms with E-state index in [1.807, 2.05) is 24.3 Å². The van der Waals surface area contributed by atoms with E-state index in [2.05, 4.69) is 15.3 Å². The molecule has 3 heterocycles. The number of H-pyrrole nitrogens is 1. The Labute approximate surface area is 188 Å². The highest BCUT2D eigenvalue weighted by atomic mass is 16.4. The third kappa shape index (κ3) is 4.36. The highest BCUT2D eigenvalue weighted by molar-refractivity contribution is 6.10. The predicted octanol–water partition coefficient (Wildman–Crippen LogP) is 1.93. The van der Waals surface area contributed by atoms with Crippen molar-refractivity contribution in [2.24, 2.45) is 0 Å². The minimum atomic E-state index is -1.17. The van der Waals surface area contributed by atoms with Crippen LogP contribution in [0.2, 0.25) is 0 Å². The summed E-state index contributed by atoms with van der Waals surface area (Å²) in [4.78, 5) is 57.1. The van der Waals surface area contributed by atoms with E-state index in [0.717, 1.165) is 16.3 Å². The number of hydrogen-bond acceptors (Lipinski definition) is 5. The van der Waals surface area contributed by atoms with Crippen LogP contribution in [0.15, 0.2) is 30.3 Å². The lowest BCUT2D eigenvalue weighted by Gasteiger charge is -2.21. The molecule has 0 unspecified atom stereocenters. The van der Waals surface area contributed by atoms with Crippen molar-refractivity contribution in [1.29, 1.82) is 0 Å². The number of carbonyl (C=O) groups is 4. The highest BCUT2D eigenvalue weighted by Crippen LogP contribution is 2.29. The summed E-state index contributed by atoms with van der Waals surface area (Å²) in [6.45, 7) is 1.76. The molecule has 4 N–H and O–H groups in total. The van der Waals surface area contributed by atoms with Crippen molar-refractivity contribution in [2.75, 3.05) is 6.54 Å². The number of fused-ring (bicyclic) bond motifs is 3. The number of pyridine rings is 1. The molecule has 1 aromatic carbocycles. The number of hydrogen-bond donors (Lipinski definition) is 4. The average Bonchev–Trinajstić information content (AvgIpc) is 3.42. The van der Waals surface area contributed by atoms with Gasteiger partial charge in [-0.15, -0.1) is 0 Å². The summed E-state index contributed by atoms with van der Waals surface area (Å²) in [5, 5.41) is 22.5. The second-order valence-electron chi connectivity index (χ2n) is 8.16. The zero-order valence-electron chi connectivity index (χ0n) is 18.0. The van der Waals surface area contributed by atoms with Crippen LogP contribution < -0.4 is 5.32 Å². The van der Waals surface area contributed by atoms with Crippen molar-refractivity contribution < 1.29 is 29.4 Å². The lowest BCUT2D eigenvalue weighted by atomic mass is 10.1. The van der Waals surface area contributed by atoms with E-state index in [1.54, 1.807) is 6.07 Å². The molecule has 0 aliphatic carbocycles. The number of rotatable bonds is 7. The van der Waals surface area contributed by atoms with E-state index in [1.165, 1.54) is 11.8 Å². The Morgan fingerprint density at radius 1 is 1.21 bits per heavy atom. The van der Waals surface area contributed by atoms with E-state index >= 15 is 0 Å². The first-order valence-electron chi connectivity index (χ1n) is 10.7. The number of benzene rings is 1. The van der Waals surface area contributed by atoms with Gasteiger partial charge in [-0.1, -0.05) is 18.2 Å². The number of carboxylic acids is 2. The molecule has 2 aromatic heterocycles. The van der Waals surface area contributed by atoms with Crippen molar-refractivity contribution in [1.82, 2.24) is 20.2 Å². The number of aromatic nitrogens is 2. The molecule has 0 spiro atoms. The monoisotopic (exact) mass is 452 g/mol. The van der Waals surface area contributed by atoms with Gasteiger partial charge in [0.25, 0.3) is 5.91 Å². The molecule has 1 aliphatic heterocycles. The fourth-order valence-corrected chi connectivity index (χ4v) is 4.23. The standard InChI is InChI=1S/C23H24N4O6/c1-12(22(30)31)24-21(29)17-11-14-13-5-2-3-6-15(13)26-20(14)16(25-17)8-9-19(28)27-10-4-7-18(27)23(32)33/h2-3,5-6,11-12,18,26H,4,7-10H2,1H3,(H,24,29)(H,30,31)(H,32,33)/t12-,18-/m0/s1. The summed E-state index contributed by atoms with van der Waals surface area (Å²) in [7, 11) is 0. The number of para-hydroxylation sites is 1. The van der Waals surface area contributed by atoms with Crippen LogP contribution in [0.5, 0.6) is 0 Å². The Balaban J connectivity index is 1.67. The molecule has 1 saturated heterocycles. The molecule has 0 saturated carbocycles. The van der Waals surface area contributed by atoms with Crippen LogP contribution in [0.25, 0.3) is 21.8 Å². The average molecular weight is 452 g/mol. The van der Waals surface area contributed by atoms with Crippen molar-refractivity contribution in [3.63, 3.8) is 0 Å². The third-order valence-electron chi connectivity index (χ3n) is 5.96. The van der Waals surface area contributed by atoms with Gasteiger partial charge in [-0.25, -0.2) is 9.78 Å². The molecule has 172 valence electrons. The molecular formula is C23H24N4O6. The van der Waals surface area contributed by atoms with Crippen LogP contribution in [0, 0.1) is 0 Å². The normalized spacial score (nSPS) is 16.8. The van der Waals surface area contributed by atoms with Crippen molar-refractivity contribution in [2.45, 2.75) is 44.7 Å². The second-order valence-corrected chi connectivity index (χ2v) is 8.16. The smallest absolute Gasteiger partial charge is 0.326 e. The van der Waals surface area contributed by atoms with Gasteiger partial charge in [0, 0.05) is 35.7 Å². The Hall–Kier alpha value is -3.95. The summed E-state index contributed by atoms with van der Waals surface area (Å²) in [6.07, 6.45) is 1.31. The molecule has 1 aliphatic rings. The molecule has 3 aromatic rings. The maximum atomic E-state index is 12.8. The maximum Gasteiger partial charge on any atom is 0.326 e. The summed E-state index contributed by atoms with van der Waals surface area (Å²) in [6, 6.07) is 7.22. The number of nitrogens with zero attached hydrogens (tertiary/aromatic N) is 2. The molecule has 10 nitrogen and oxygen atoms in total. The molecule has 33 heavy (non-hydrogen) atoms. The molecule has 0 radical (unpaired) electrons. The van der Waals surface area contributed by atoms with E-state index in [9.17, 15) is 24.3 Å². The van der Waals surface area contributed by atoms with Gasteiger partial charge >= 0.3 is 11.9 Å². The number of aliphatic carboxylic acids is 2. The second kappa shape index (κ2) is 8.89. The van der Waals surface area contributed by atoms with E-state index in [0.29, 0.717) is 30.6 Å². The Morgan fingerprint density at radius 3 is 2.70 bits per heavy atom. The lowest BCUT2D eigenvalue weighted by molar-refractivity contribution is -0.148. The minimum absolute atomic E-state index is 0.0395. The molecular weight excluding hydrogens is 428 g/mol. The summed E-state index contributed by atoms with van der Waals surface area (Å²) < 4.78 is 0. The number of aryl methyl sites for hydroxylation is 1. The van der Waals surface area contributed by atoms with E-state index in [-0.39, 0.29) is 24.4 Å². The van der Waals surface area contributed by atoms with Gasteiger partial charge in [0.2, 0.25) is 5.91 Å². The minimum Gasteiger partial charge on any atom is -0.480 e. The SMILES string of the molecule is C[C@H](NC(=O)c1cc2c([nH]c3ccccc32)c(CCC(=O)N2CCC[C@H]2C(=O)O)n1)C(=O)O. The van der Waals surface area contributed by atoms with Gasteiger partial charge in [0.15, 0.2) is 0 Å². The van der Waals surface area contributed by atoms with Crippen molar-refractivity contribution >= 4 is 45.6 Å². The molecule has 2 amide bonds. The number of aromatic amines is 1. The molecule has 10 heteroatoms. The first-order valence-corrected chi connectivity index (χ1v) is 10.7. The summed E-state index contributed by atoms with van der Waals surface area (Å²) in [5.74, 6) is -3.08. The van der Waals surface area contributed by atoms with Crippen molar-refractivity contribution in [3.05, 3.63) is 41.7 Å². The van der Waals surface area contributed by atoms with Crippen LogP contribution in [0.4, 0.5) is 0 Å². The predicted molar refractivity (Wildman–Crippen MR) is 119 cm³/mol. The third-order valence-corrected chi connectivity index (χ3v) is 5.96. The molecule has 4 rings (SSSR count). The Bertz CT molecular complexity index is 1270. The molecule has 0 bridgehead atoms. The lowest BCUT2D eigenvalue weighted by Crippen LogP contribution is -2.40. The zero-order chi connectivity index (χ0) is 23.7. The first-order chi connectivity index (χ1) is 15.8. The number of nitrogens with one attached hydrogen (secondary N) is 2. The first kappa shape index (κ1) is 22.3. The van der Waals surface area contributed by atoms with E-state index in [4.69, 9.17) is 5.11 Å². The summed E-state index contributed by atoms with van der Waals surface area (Å²) in [5.41, 5.74) is 2.05. The van der Waals surface area contributed by atoms with Crippen LogP contribution in [-0.2, 0) is 20.8 Å². The van der Waals surface area contributed by atoms with Crippen LogP contribution in [0.3, 0.4) is 0 Å². The fourth-order valence-electron chi connectivity index (χ4n) is 4.23. The maximum absolute atomic E-state index is 12.8. The van der Waals surface area contributed by atoms with Gasteiger partial charge in [0.05, 0.1) is 11.2 Å². The summed E-state index contributed by atoms with van der Waals surface area (Å²) >= 11 is 0. The topological polar surface area (TPSA) is 153 Å². The van der Waals surface area contributed by atoms with Crippen LogP contribution in [0.1, 0.15) is 42.4 Å². The quantitative estimate of drug-likeness (QED) is 0.427. The number of likely N-dealkylation sites (tertiary alicyclic amines) is 1. The van der Waals surface area contributed by atoms with Crippen LogP contribution >= 0.6 is 0 Å². The van der Waals surface area contributed by atoms with Gasteiger partial charge < -0.3 is 25.4 Å². The fraction of sp³-hybridized carbons (Fsp3) is 0.348. The van der Waals surface area contributed by atoms with Gasteiger partial charge in [-0.2, -0.15) is 0 Å². The number of carbonyl (C=O) groups excluding carboxylic acids is 2. The highest BCUT2D eigenvalue weighted by Gasteiger charge is 2.33. The number of amides is 2. The molecule has 2 atom stereocenters. The van der Waals surface area contributed by atoms with Gasteiger partial charge in [-0.3, -0.25) is 14.4 Å². The Kier molecular flexibility index (Phi) is 5.99. The van der Waals surface area contributed by atoms with Crippen molar-refractivity contribution in [3.8, 4) is 0 Å². The van der Waals surface area contributed by atoms with Gasteiger partial charge in [-0.05, 0) is 31.9 Å². The van der Waals surface area contributed by atoms with E-state index < -0.39 is 29.9 Å². The van der Waals surface area contributed by atoms with Crippen LogP contribution in [-0.4, -0.2) is 67.5 Å². The Morgan fingerprint density at radius 2 is 1.97 bits per heavy atom.